The maximum atomic E-state index is 13.7. The van der Waals surface area contributed by atoms with Crippen LogP contribution in [-0.4, -0.2) is 78.8 Å². The Balaban J connectivity index is 1.24. The van der Waals surface area contributed by atoms with Crippen LogP contribution >= 0.6 is 0 Å². The van der Waals surface area contributed by atoms with E-state index in [1.807, 2.05) is 78.6 Å². The van der Waals surface area contributed by atoms with Crippen LogP contribution in [0.25, 0.3) is 11.3 Å². The van der Waals surface area contributed by atoms with Gasteiger partial charge in [0.05, 0.1) is 26.0 Å². The summed E-state index contributed by atoms with van der Waals surface area (Å²) >= 11 is 0. The first kappa shape index (κ1) is 28.6. The van der Waals surface area contributed by atoms with Gasteiger partial charge in [-0.2, -0.15) is 0 Å². The van der Waals surface area contributed by atoms with Gasteiger partial charge in [-0.1, -0.05) is 36.4 Å². The SMILES string of the molecule is COc1ccc(-c2ccc(N3CCN(C(=O)CN(C(=O)c4cccc(OC)c4)C(C)c4ccccc4)CC3)nn2)cc1. The van der Waals surface area contributed by atoms with Crippen molar-refractivity contribution < 1.29 is 19.1 Å². The molecule has 1 unspecified atom stereocenters. The quantitative estimate of drug-likeness (QED) is 0.290. The van der Waals surface area contributed by atoms with Crippen molar-refractivity contribution in [2.45, 2.75) is 13.0 Å². The molecule has 9 heteroatoms. The molecule has 0 saturated carbocycles. The molecular formula is C33H35N5O4. The van der Waals surface area contributed by atoms with Crippen molar-refractivity contribution in [3.05, 3.63) is 102 Å². The van der Waals surface area contributed by atoms with E-state index in [1.165, 1.54) is 0 Å². The van der Waals surface area contributed by atoms with E-state index in [0.717, 1.165) is 28.4 Å². The Hall–Kier alpha value is -4.92. The van der Waals surface area contributed by atoms with Gasteiger partial charge in [-0.05, 0) is 67.1 Å². The van der Waals surface area contributed by atoms with Crippen LogP contribution in [0.3, 0.4) is 0 Å². The third-order valence-electron chi connectivity index (χ3n) is 7.63. The van der Waals surface area contributed by atoms with E-state index in [4.69, 9.17) is 9.47 Å². The zero-order chi connectivity index (χ0) is 29.5. The lowest BCUT2D eigenvalue weighted by atomic mass is 10.1. The predicted octanol–water partition coefficient (Wildman–Crippen LogP) is 4.71. The number of carbonyl (C=O) groups excluding carboxylic acids is 2. The van der Waals surface area contributed by atoms with Crippen LogP contribution in [0.5, 0.6) is 11.5 Å². The predicted molar refractivity (Wildman–Crippen MR) is 162 cm³/mol. The van der Waals surface area contributed by atoms with Crippen LogP contribution in [0.4, 0.5) is 5.82 Å². The van der Waals surface area contributed by atoms with Gasteiger partial charge < -0.3 is 24.2 Å². The van der Waals surface area contributed by atoms with Crippen molar-refractivity contribution in [3.8, 4) is 22.8 Å². The minimum absolute atomic E-state index is 0.0253. The molecule has 4 aromatic rings. The largest absolute Gasteiger partial charge is 0.497 e. The first-order valence-electron chi connectivity index (χ1n) is 14.0. The molecule has 0 spiro atoms. The maximum Gasteiger partial charge on any atom is 0.254 e. The lowest BCUT2D eigenvalue weighted by Gasteiger charge is -2.37. The number of hydrogen-bond acceptors (Lipinski definition) is 7. The Bertz CT molecular complexity index is 1490. The van der Waals surface area contributed by atoms with Crippen LogP contribution in [-0.2, 0) is 4.79 Å². The van der Waals surface area contributed by atoms with Gasteiger partial charge in [-0.25, -0.2) is 0 Å². The molecule has 0 radical (unpaired) electrons. The zero-order valence-electron chi connectivity index (χ0n) is 24.1. The molecule has 0 bridgehead atoms. The summed E-state index contributed by atoms with van der Waals surface area (Å²) in [5, 5.41) is 8.86. The van der Waals surface area contributed by atoms with Gasteiger partial charge in [0.25, 0.3) is 5.91 Å². The van der Waals surface area contributed by atoms with Crippen molar-refractivity contribution in [3.63, 3.8) is 0 Å². The van der Waals surface area contributed by atoms with Crippen molar-refractivity contribution in [1.82, 2.24) is 20.0 Å². The lowest BCUT2D eigenvalue weighted by Crippen LogP contribution is -2.52. The molecule has 3 aromatic carbocycles. The monoisotopic (exact) mass is 565 g/mol. The van der Waals surface area contributed by atoms with E-state index in [-0.39, 0.29) is 24.4 Å². The summed E-state index contributed by atoms with van der Waals surface area (Å²) in [6.45, 7) is 4.24. The molecule has 1 aliphatic heterocycles. The third kappa shape index (κ3) is 6.52. The first-order chi connectivity index (χ1) is 20.5. The fourth-order valence-electron chi connectivity index (χ4n) is 5.06. The summed E-state index contributed by atoms with van der Waals surface area (Å²) in [6, 6.07) is 28.1. The molecule has 5 rings (SSSR count). The highest BCUT2D eigenvalue weighted by molar-refractivity contribution is 5.97. The molecule has 0 aliphatic carbocycles. The van der Waals surface area contributed by atoms with Gasteiger partial charge in [0.1, 0.15) is 18.0 Å². The molecule has 1 saturated heterocycles. The van der Waals surface area contributed by atoms with E-state index >= 15 is 0 Å². The number of ether oxygens (including phenoxy) is 2. The number of piperazine rings is 1. The molecule has 9 nitrogen and oxygen atoms in total. The van der Waals surface area contributed by atoms with Gasteiger partial charge in [-0.15, -0.1) is 10.2 Å². The molecule has 0 N–H and O–H groups in total. The van der Waals surface area contributed by atoms with Crippen molar-refractivity contribution in [1.29, 1.82) is 0 Å². The fourth-order valence-corrected chi connectivity index (χ4v) is 5.06. The minimum Gasteiger partial charge on any atom is -0.497 e. The van der Waals surface area contributed by atoms with Crippen LogP contribution in [0.2, 0.25) is 0 Å². The summed E-state index contributed by atoms with van der Waals surface area (Å²) in [5.74, 6) is 1.85. The number of methoxy groups -OCH3 is 2. The molecule has 1 atom stereocenters. The number of amides is 2. The average molecular weight is 566 g/mol. The number of benzene rings is 3. The van der Waals surface area contributed by atoms with Crippen LogP contribution in [0, 0.1) is 0 Å². The third-order valence-corrected chi connectivity index (χ3v) is 7.63. The highest BCUT2D eigenvalue weighted by atomic mass is 16.5. The van der Waals surface area contributed by atoms with Gasteiger partial charge in [-0.3, -0.25) is 9.59 Å². The summed E-state index contributed by atoms with van der Waals surface area (Å²) in [4.78, 5) is 32.8. The number of rotatable bonds is 9. The Morgan fingerprint density at radius 3 is 2.17 bits per heavy atom. The zero-order valence-corrected chi connectivity index (χ0v) is 24.1. The Labute approximate surface area is 246 Å². The number of carbonyl (C=O) groups is 2. The minimum atomic E-state index is -0.297. The highest BCUT2D eigenvalue weighted by Crippen LogP contribution is 2.25. The second-order valence-corrected chi connectivity index (χ2v) is 10.1. The number of hydrogen-bond donors (Lipinski definition) is 0. The summed E-state index contributed by atoms with van der Waals surface area (Å²) in [5.41, 5.74) is 3.18. The van der Waals surface area contributed by atoms with Crippen molar-refractivity contribution >= 4 is 17.6 Å². The summed E-state index contributed by atoms with van der Waals surface area (Å²) in [7, 11) is 3.21. The smallest absolute Gasteiger partial charge is 0.254 e. The molecule has 1 aromatic heterocycles. The van der Waals surface area contributed by atoms with E-state index in [0.29, 0.717) is 37.5 Å². The van der Waals surface area contributed by atoms with Crippen molar-refractivity contribution in [2.75, 3.05) is 51.8 Å². The Morgan fingerprint density at radius 2 is 1.52 bits per heavy atom. The van der Waals surface area contributed by atoms with Gasteiger partial charge in [0.2, 0.25) is 5.91 Å². The Kier molecular flexibility index (Phi) is 8.96. The van der Waals surface area contributed by atoms with E-state index in [9.17, 15) is 9.59 Å². The number of aromatic nitrogens is 2. The molecular weight excluding hydrogens is 530 g/mol. The second kappa shape index (κ2) is 13.2. The number of nitrogens with zero attached hydrogens (tertiary/aromatic N) is 5. The highest BCUT2D eigenvalue weighted by Gasteiger charge is 2.29. The van der Waals surface area contributed by atoms with E-state index < -0.39 is 0 Å². The van der Waals surface area contributed by atoms with Crippen molar-refractivity contribution in [2.24, 2.45) is 0 Å². The Morgan fingerprint density at radius 1 is 0.810 bits per heavy atom. The average Bonchev–Trinajstić information content (AvgIpc) is 3.07. The maximum absolute atomic E-state index is 13.7. The molecule has 2 amide bonds. The molecule has 1 aliphatic rings. The van der Waals surface area contributed by atoms with Crippen LogP contribution in [0.1, 0.15) is 28.9 Å². The second-order valence-electron chi connectivity index (χ2n) is 10.1. The topological polar surface area (TPSA) is 88.1 Å². The molecule has 216 valence electrons. The lowest BCUT2D eigenvalue weighted by molar-refractivity contribution is -0.132. The molecule has 42 heavy (non-hydrogen) atoms. The summed E-state index contributed by atoms with van der Waals surface area (Å²) in [6.07, 6.45) is 0. The van der Waals surface area contributed by atoms with Gasteiger partial charge in [0.15, 0.2) is 5.82 Å². The van der Waals surface area contributed by atoms with Gasteiger partial charge >= 0.3 is 0 Å². The van der Waals surface area contributed by atoms with E-state index in [1.54, 1.807) is 43.4 Å². The first-order valence-corrected chi connectivity index (χ1v) is 14.0. The normalized spacial score (nSPS) is 13.8. The summed E-state index contributed by atoms with van der Waals surface area (Å²) < 4.78 is 10.6. The molecule has 1 fully saturated rings. The fraction of sp³-hybridized carbons (Fsp3) is 0.273. The van der Waals surface area contributed by atoms with Gasteiger partial charge in [0, 0.05) is 37.3 Å². The van der Waals surface area contributed by atoms with Crippen LogP contribution < -0.4 is 14.4 Å². The standard InChI is InChI=1S/C33H35N5O4/c1-24(25-8-5-4-6-9-25)38(33(40)27-10-7-11-29(22-27)42-3)23-32(39)37-20-18-36(19-21-37)31-17-16-30(34-35-31)26-12-14-28(41-2)15-13-26/h4-17,22,24H,18-21,23H2,1-3H3. The van der Waals surface area contributed by atoms with Crippen LogP contribution in [0.15, 0.2) is 91.0 Å². The number of anilines is 1. The molecule has 2 heterocycles. The van der Waals surface area contributed by atoms with E-state index in [2.05, 4.69) is 15.1 Å².